The highest BCUT2D eigenvalue weighted by Gasteiger charge is 2.23. The molecule has 3 nitrogen and oxygen atoms in total. The van der Waals surface area contributed by atoms with E-state index in [-0.39, 0.29) is 18.4 Å². The van der Waals surface area contributed by atoms with Gasteiger partial charge in [0.1, 0.15) is 0 Å². The van der Waals surface area contributed by atoms with Gasteiger partial charge in [0.2, 0.25) is 0 Å². The first kappa shape index (κ1) is 12.1. The van der Waals surface area contributed by atoms with E-state index in [0.29, 0.717) is 6.61 Å². The van der Waals surface area contributed by atoms with E-state index in [0.717, 1.165) is 23.5 Å². The Labute approximate surface area is 96.0 Å². The summed E-state index contributed by atoms with van der Waals surface area (Å²) in [4.78, 5) is 0. The van der Waals surface area contributed by atoms with E-state index in [1.54, 1.807) is 7.11 Å². The zero-order chi connectivity index (χ0) is 10.1. The van der Waals surface area contributed by atoms with Gasteiger partial charge in [-0.25, -0.2) is 0 Å². The fourth-order valence-electron chi connectivity index (χ4n) is 1.88. The van der Waals surface area contributed by atoms with Crippen LogP contribution in [0, 0.1) is 6.92 Å². The highest BCUT2D eigenvalue weighted by atomic mass is 35.5. The SMILES string of the molecule is COc1ccc(C)c2c1OCC[C@@H]2N.Cl. The van der Waals surface area contributed by atoms with Crippen molar-refractivity contribution < 1.29 is 9.47 Å². The molecule has 0 aromatic heterocycles. The molecule has 2 N–H and O–H groups in total. The summed E-state index contributed by atoms with van der Waals surface area (Å²) in [5.41, 5.74) is 8.30. The Hall–Kier alpha value is -0.930. The fraction of sp³-hybridized carbons (Fsp3) is 0.455. The number of hydrogen-bond acceptors (Lipinski definition) is 3. The summed E-state index contributed by atoms with van der Waals surface area (Å²) < 4.78 is 10.8. The molecule has 2 rings (SSSR count). The molecule has 0 fully saturated rings. The average molecular weight is 230 g/mol. The van der Waals surface area contributed by atoms with Crippen molar-refractivity contribution in [3.8, 4) is 11.5 Å². The number of nitrogens with two attached hydrogens (primary N) is 1. The second-order valence-electron chi connectivity index (χ2n) is 3.57. The first-order chi connectivity index (χ1) is 6.74. The van der Waals surface area contributed by atoms with Crippen LogP contribution < -0.4 is 15.2 Å². The minimum absolute atomic E-state index is 0. The Morgan fingerprint density at radius 1 is 1.47 bits per heavy atom. The molecule has 0 unspecified atom stereocenters. The third-order valence-corrected chi connectivity index (χ3v) is 2.64. The molecule has 1 atom stereocenters. The standard InChI is InChI=1S/C11H15NO2.ClH/c1-7-3-4-9(13-2)11-10(7)8(12)5-6-14-11;/h3-4,8H,5-6,12H2,1-2H3;1H/t8-;/m0./s1. The smallest absolute Gasteiger partial charge is 0.166 e. The summed E-state index contributed by atoms with van der Waals surface area (Å²) in [5.74, 6) is 1.60. The summed E-state index contributed by atoms with van der Waals surface area (Å²) >= 11 is 0. The topological polar surface area (TPSA) is 44.5 Å². The lowest BCUT2D eigenvalue weighted by Crippen LogP contribution is -2.22. The van der Waals surface area contributed by atoms with Crippen molar-refractivity contribution in [3.63, 3.8) is 0 Å². The molecule has 1 aliphatic rings. The number of methoxy groups -OCH3 is 1. The minimum atomic E-state index is 0. The summed E-state index contributed by atoms with van der Waals surface area (Å²) in [6.45, 7) is 2.72. The normalized spacial score (nSPS) is 18.5. The fourth-order valence-corrected chi connectivity index (χ4v) is 1.88. The van der Waals surface area contributed by atoms with Crippen LogP contribution in [-0.4, -0.2) is 13.7 Å². The molecule has 0 amide bonds. The van der Waals surface area contributed by atoms with Crippen molar-refractivity contribution in [1.82, 2.24) is 0 Å². The Bertz CT molecular complexity index is 355. The number of rotatable bonds is 1. The Morgan fingerprint density at radius 2 is 2.20 bits per heavy atom. The maximum absolute atomic E-state index is 6.04. The van der Waals surface area contributed by atoms with Crippen LogP contribution in [-0.2, 0) is 0 Å². The molecule has 0 radical (unpaired) electrons. The lowest BCUT2D eigenvalue weighted by molar-refractivity contribution is 0.252. The van der Waals surface area contributed by atoms with Crippen molar-refractivity contribution in [1.29, 1.82) is 0 Å². The molecule has 0 saturated carbocycles. The molecule has 84 valence electrons. The maximum atomic E-state index is 6.04. The van der Waals surface area contributed by atoms with E-state index in [9.17, 15) is 0 Å². The van der Waals surface area contributed by atoms with Crippen LogP contribution in [0.3, 0.4) is 0 Å². The molecule has 0 aliphatic carbocycles. The van der Waals surface area contributed by atoms with Crippen molar-refractivity contribution in [2.24, 2.45) is 5.73 Å². The molecule has 0 saturated heterocycles. The van der Waals surface area contributed by atoms with Crippen molar-refractivity contribution in [2.75, 3.05) is 13.7 Å². The molecule has 0 bridgehead atoms. The Balaban J connectivity index is 0.00000112. The number of ether oxygens (including phenoxy) is 2. The van der Waals surface area contributed by atoms with E-state index in [2.05, 4.69) is 0 Å². The molecule has 0 spiro atoms. The van der Waals surface area contributed by atoms with Crippen LogP contribution in [0.2, 0.25) is 0 Å². The average Bonchev–Trinajstić information content (AvgIpc) is 2.18. The number of hydrogen-bond donors (Lipinski definition) is 1. The predicted octanol–water partition coefficient (Wildman–Crippen LogP) is 2.21. The van der Waals surface area contributed by atoms with Crippen LogP contribution in [0.1, 0.15) is 23.6 Å². The van der Waals surface area contributed by atoms with Gasteiger partial charge in [0.05, 0.1) is 13.7 Å². The molecule has 15 heavy (non-hydrogen) atoms. The molecule has 1 aromatic carbocycles. The van der Waals surface area contributed by atoms with Gasteiger partial charge in [0, 0.05) is 18.0 Å². The maximum Gasteiger partial charge on any atom is 0.166 e. The molecule has 1 aliphatic heterocycles. The number of halogens is 1. The third-order valence-electron chi connectivity index (χ3n) is 2.64. The molecular formula is C11H16ClNO2. The zero-order valence-corrected chi connectivity index (χ0v) is 9.76. The van der Waals surface area contributed by atoms with Gasteiger partial charge in [-0.3, -0.25) is 0 Å². The highest BCUT2D eigenvalue weighted by Crippen LogP contribution is 2.40. The first-order valence-electron chi connectivity index (χ1n) is 4.80. The lowest BCUT2D eigenvalue weighted by atomic mass is 9.96. The van der Waals surface area contributed by atoms with E-state index in [1.807, 2.05) is 19.1 Å². The van der Waals surface area contributed by atoms with Crippen molar-refractivity contribution in [3.05, 3.63) is 23.3 Å². The van der Waals surface area contributed by atoms with Gasteiger partial charge in [0.25, 0.3) is 0 Å². The van der Waals surface area contributed by atoms with Gasteiger partial charge in [-0.05, 0) is 18.6 Å². The highest BCUT2D eigenvalue weighted by molar-refractivity contribution is 5.85. The second-order valence-corrected chi connectivity index (χ2v) is 3.57. The van der Waals surface area contributed by atoms with Crippen LogP contribution in [0.5, 0.6) is 11.5 Å². The summed E-state index contributed by atoms with van der Waals surface area (Å²) in [6.07, 6.45) is 0.876. The third kappa shape index (κ3) is 2.03. The summed E-state index contributed by atoms with van der Waals surface area (Å²) in [5, 5.41) is 0. The monoisotopic (exact) mass is 229 g/mol. The second kappa shape index (κ2) is 4.73. The van der Waals surface area contributed by atoms with Crippen molar-refractivity contribution in [2.45, 2.75) is 19.4 Å². The van der Waals surface area contributed by atoms with Gasteiger partial charge in [-0.15, -0.1) is 12.4 Å². The Kier molecular flexibility index (Phi) is 3.83. The van der Waals surface area contributed by atoms with E-state index in [4.69, 9.17) is 15.2 Å². The number of aryl methyl sites for hydroxylation is 1. The van der Waals surface area contributed by atoms with Crippen LogP contribution in [0.25, 0.3) is 0 Å². The largest absolute Gasteiger partial charge is 0.493 e. The van der Waals surface area contributed by atoms with Gasteiger partial charge >= 0.3 is 0 Å². The van der Waals surface area contributed by atoms with E-state index in [1.165, 1.54) is 5.56 Å². The number of fused-ring (bicyclic) bond motifs is 1. The van der Waals surface area contributed by atoms with E-state index < -0.39 is 0 Å². The minimum Gasteiger partial charge on any atom is -0.493 e. The van der Waals surface area contributed by atoms with Crippen LogP contribution in [0.15, 0.2) is 12.1 Å². The Morgan fingerprint density at radius 3 is 2.87 bits per heavy atom. The van der Waals surface area contributed by atoms with Gasteiger partial charge in [0.15, 0.2) is 11.5 Å². The van der Waals surface area contributed by atoms with Crippen LogP contribution in [0.4, 0.5) is 0 Å². The van der Waals surface area contributed by atoms with Crippen LogP contribution >= 0.6 is 12.4 Å². The zero-order valence-electron chi connectivity index (χ0n) is 8.95. The quantitative estimate of drug-likeness (QED) is 0.803. The van der Waals surface area contributed by atoms with Gasteiger partial charge < -0.3 is 15.2 Å². The summed E-state index contributed by atoms with van der Waals surface area (Å²) in [6, 6.07) is 4.02. The van der Waals surface area contributed by atoms with E-state index >= 15 is 0 Å². The molecule has 1 heterocycles. The van der Waals surface area contributed by atoms with Gasteiger partial charge in [-0.1, -0.05) is 6.07 Å². The summed E-state index contributed by atoms with van der Waals surface area (Å²) in [7, 11) is 1.65. The predicted molar refractivity (Wildman–Crippen MR) is 62.0 cm³/mol. The first-order valence-corrected chi connectivity index (χ1v) is 4.80. The molecule has 4 heteroatoms. The number of benzene rings is 1. The van der Waals surface area contributed by atoms with Crippen molar-refractivity contribution >= 4 is 12.4 Å². The van der Waals surface area contributed by atoms with Gasteiger partial charge in [-0.2, -0.15) is 0 Å². The molecular weight excluding hydrogens is 214 g/mol. The lowest BCUT2D eigenvalue weighted by Gasteiger charge is -2.26. The molecule has 1 aromatic rings.